The Balaban J connectivity index is 1.72. The molecule has 8 heteroatoms. The summed E-state index contributed by atoms with van der Waals surface area (Å²) in [5, 5.41) is 21.1. The van der Waals surface area contributed by atoms with Crippen LogP contribution in [0.1, 0.15) is 23.0 Å². The molecule has 0 spiro atoms. The summed E-state index contributed by atoms with van der Waals surface area (Å²) in [5.74, 6) is -0.142. The standard InChI is InChI=1S/C13H22N6O2/c1-17(2)6-9-3-11(20)7-18(9)13(21)12-8-19(16-15-12)10-4-14-5-10/h8-11,14,20H,3-7H2,1-2H3. The van der Waals surface area contributed by atoms with Crippen LogP contribution in [0.5, 0.6) is 0 Å². The molecular formula is C13H22N6O2. The molecule has 0 aliphatic carbocycles. The van der Waals surface area contributed by atoms with Crippen LogP contribution in [0.3, 0.4) is 0 Å². The van der Waals surface area contributed by atoms with Crippen molar-refractivity contribution in [1.82, 2.24) is 30.1 Å². The third kappa shape index (κ3) is 2.92. The first kappa shape index (κ1) is 14.4. The van der Waals surface area contributed by atoms with Crippen LogP contribution in [0.2, 0.25) is 0 Å². The van der Waals surface area contributed by atoms with Crippen LogP contribution in [0.25, 0.3) is 0 Å². The molecule has 2 aliphatic heterocycles. The van der Waals surface area contributed by atoms with Gasteiger partial charge >= 0.3 is 0 Å². The molecule has 2 N–H and O–H groups in total. The van der Waals surface area contributed by atoms with Gasteiger partial charge in [-0.3, -0.25) is 4.79 Å². The zero-order valence-electron chi connectivity index (χ0n) is 12.4. The minimum absolute atomic E-state index is 0.0259. The predicted molar refractivity (Wildman–Crippen MR) is 75.9 cm³/mol. The molecule has 116 valence electrons. The number of β-amino-alcohol motifs (C(OH)–C–C–N with tert-alkyl or cyclic N) is 1. The van der Waals surface area contributed by atoms with Crippen LogP contribution in [0, 0.1) is 0 Å². The number of nitrogens with one attached hydrogen (secondary N) is 1. The molecule has 1 aromatic rings. The van der Waals surface area contributed by atoms with Gasteiger partial charge in [0.25, 0.3) is 5.91 Å². The molecule has 2 saturated heterocycles. The van der Waals surface area contributed by atoms with E-state index in [2.05, 4.69) is 15.6 Å². The molecule has 21 heavy (non-hydrogen) atoms. The van der Waals surface area contributed by atoms with E-state index >= 15 is 0 Å². The number of nitrogens with zero attached hydrogens (tertiary/aromatic N) is 5. The lowest BCUT2D eigenvalue weighted by Crippen LogP contribution is -2.43. The van der Waals surface area contributed by atoms with E-state index in [1.807, 2.05) is 19.0 Å². The quantitative estimate of drug-likeness (QED) is 0.707. The molecule has 0 radical (unpaired) electrons. The number of likely N-dealkylation sites (N-methyl/N-ethyl adjacent to an activating group) is 1. The summed E-state index contributed by atoms with van der Waals surface area (Å²) in [4.78, 5) is 16.3. The van der Waals surface area contributed by atoms with Gasteiger partial charge in [-0.25, -0.2) is 4.68 Å². The molecular weight excluding hydrogens is 272 g/mol. The number of aliphatic hydroxyl groups is 1. The van der Waals surface area contributed by atoms with Crippen molar-refractivity contribution in [3.63, 3.8) is 0 Å². The van der Waals surface area contributed by atoms with Crippen LogP contribution in [-0.4, -0.2) is 88.2 Å². The Kier molecular flexibility index (Phi) is 3.92. The number of amides is 1. The Morgan fingerprint density at radius 2 is 2.29 bits per heavy atom. The van der Waals surface area contributed by atoms with Crippen molar-refractivity contribution in [2.24, 2.45) is 0 Å². The molecule has 0 saturated carbocycles. The number of aromatic nitrogens is 3. The Labute approximate surface area is 123 Å². The van der Waals surface area contributed by atoms with Gasteiger partial charge in [0, 0.05) is 32.2 Å². The van der Waals surface area contributed by atoms with Gasteiger partial charge in [-0.2, -0.15) is 0 Å². The first-order chi connectivity index (χ1) is 10.0. The largest absolute Gasteiger partial charge is 0.391 e. The number of carbonyl (C=O) groups excluding carboxylic acids is 1. The maximum atomic E-state index is 12.6. The Morgan fingerprint density at radius 3 is 2.90 bits per heavy atom. The molecule has 3 rings (SSSR count). The van der Waals surface area contributed by atoms with Gasteiger partial charge in [0.15, 0.2) is 5.69 Å². The van der Waals surface area contributed by atoms with E-state index in [0.29, 0.717) is 24.7 Å². The average Bonchev–Trinajstić information content (AvgIpc) is 2.93. The number of aliphatic hydroxyl groups excluding tert-OH is 1. The maximum absolute atomic E-state index is 12.6. The minimum Gasteiger partial charge on any atom is -0.391 e. The van der Waals surface area contributed by atoms with Crippen LogP contribution < -0.4 is 5.32 Å². The summed E-state index contributed by atoms with van der Waals surface area (Å²) in [6, 6.07) is 0.318. The van der Waals surface area contributed by atoms with E-state index in [1.54, 1.807) is 15.8 Å². The first-order valence-corrected chi connectivity index (χ1v) is 7.31. The molecule has 2 fully saturated rings. The number of likely N-dealkylation sites (tertiary alicyclic amines) is 1. The van der Waals surface area contributed by atoms with Crippen molar-refractivity contribution >= 4 is 5.91 Å². The minimum atomic E-state index is -0.454. The zero-order valence-corrected chi connectivity index (χ0v) is 12.4. The summed E-state index contributed by atoms with van der Waals surface area (Å²) in [6.07, 6.45) is 1.88. The Bertz CT molecular complexity index is 513. The second kappa shape index (κ2) is 5.70. The predicted octanol–water partition coefficient (Wildman–Crippen LogP) is -1.44. The van der Waals surface area contributed by atoms with Gasteiger partial charge in [0.05, 0.1) is 18.3 Å². The highest BCUT2D eigenvalue weighted by Crippen LogP contribution is 2.21. The fourth-order valence-electron chi connectivity index (χ4n) is 2.90. The van der Waals surface area contributed by atoms with Gasteiger partial charge in [-0.1, -0.05) is 5.21 Å². The third-order valence-electron chi connectivity index (χ3n) is 4.09. The van der Waals surface area contributed by atoms with Crippen molar-refractivity contribution in [3.05, 3.63) is 11.9 Å². The Hall–Kier alpha value is -1.51. The van der Waals surface area contributed by atoms with E-state index in [0.717, 1.165) is 19.6 Å². The van der Waals surface area contributed by atoms with E-state index in [4.69, 9.17) is 0 Å². The van der Waals surface area contributed by atoms with E-state index in [9.17, 15) is 9.90 Å². The van der Waals surface area contributed by atoms with Crippen molar-refractivity contribution < 1.29 is 9.90 Å². The number of hydrogen-bond donors (Lipinski definition) is 2. The third-order valence-corrected chi connectivity index (χ3v) is 4.09. The lowest BCUT2D eigenvalue weighted by Gasteiger charge is -2.27. The summed E-state index contributed by atoms with van der Waals surface area (Å²) < 4.78 is 1.75. The van der Waals surface area contributed by atoms with Gasteiger partial charge in [0.1, 0.15) is 0 Å². The highest BCUT2D eigenvalue weighted by molar-refractivity contribution is 5.92. The first-order valence-electron chi connectivity index (χ1n) is 7.31. The monoisotopic (exact) mass is 294 g/mol. The second-order valence-electron chi connectivity index (χ2n) is 6.16. The molecule has 2 aliphatic rings. The van der Waals surface area contributed by atoms with Crippen molar-refractivity contribution in [2.45, 2.75) is 24.6 Å². The number of rotatable bonds is 4. The Morgan fingerprint density at radius 1 is 1.52 bits per heavy atom. The molecule has 3 heterocycles. The SMILES string of the molecule is CN(C)CC1CC(O)CN1C(=O)c1cn(C2CNC2)nn1. The summed E-state index contributed by atoms with van der Waals surface area (Å²) in [5.41, 5.74) is 0.361. The average molecular weight is 294 g/mol. The van der Waals surface area contributed by atoms with Crippen molar-refractivity contribution in [3.8, 4) is 0 Å². The normalized spacial score (nSPS) is 26.4. The molecule has 2 atom stereocenters. The summed E-state index contributed by atoms with van der Waals surface area (Å²) in [6.45, 7) is 2.84. The molecule has 1 aromatic heterocycles. The highest BCUT2D eigenvalue weighted by atomic mass is 16.3. The zero-order chi connectivity index (χ0) is 15.0. The lowest BCUT2D eigenvalue weighted by molar-refractivity contribution is 0.0693. The molecule has 0 aromatic carbocycles. The summed E-state index contributed by atoms with van der Waals surface area (Å²) >= 11 is 0. The van der Waals surface area contributed by atoms with Crippen molar-refractivity contribution in [1.29, 1.82) is 0 Å². The van der Waals surface area contributed by atoms with E-state index < -0.39 is 6.10 Å². The van der Waals surface area contributed by atoms with Crippen LogP contribution in [0.4, 0.5) is 0 Å². The number of hydrogen-bond acceptors (Lipinski definition) is 6. The fraction of sp³-hybridized carbons (Fsp3) is 0.769. The number of carbonyl (C=O) groups is 1. The van der Waals surface area contributed by atoms with E-state index in [1.165, 1.54) is 0 Å². The topological polar surface area (TPSA) is 86.5 Å². The maximum Gasteiger partial charge on any atom is 0.276 e. The lowest BCUT2D eigenvalue weighted by atomic mass is 10.2. The van der Waals surface area contributed by atoms with Crippen LogP contribution in [-0.2, 0) is 0 Å². The smallest absolute Gasteiger partial charge is 0.276 e. The van der Waals surface area contributed by atoms with Gasteiger partial charge < -0.3 is 20.2 Å². The van der Waals surface area contributed by atoms with Gasteiger partial charge in [-0.05, 0) is 20.5 Å². The summed E-state index contributed by atoms with van der Waals surface area (Å²) in [7, 11) is 3.93. The second-order valence-corrected chi connectivity index (χ2v) is 6.16. The van der Waals surface area contributed by atoms with Crippen LogP contribution in [0.15, 0.2) is 6.20 Å². The van der Waals surface area contributed by atoms with Gasteiger partial charge in [-0.15, -0.1) is 5.10 Å². The van der Waals surface area contributed by atoms with Crippen LogP contribution >= 0.6 is 0 Å². The molecule has 8 nitrogen and oxygen atoms in total. The van der Waals surface area contributed by atoms with Crippen molar-refractivity contribution in [2.75, 3.05) is 40.3 Å². The van der Waals surface area contributed by atoms with Gasteiger partial charge in [0.2, 0.25) is 0 Å². The molecule has 2 unspecified atom stereocenters. The molecule has 0 bridgehead atoms. The molecule has 1 amide bonds. The highest BCUT2D eigenvalue weighted by Gasteiger charge is 2.36. The van der Waals surface area contributed by atoms with E-state index in [-0.39, 0.29) is 11.9 Å². The fourth-order valence-corrected chi connectivity index (χ4v) is 2.90.